The molecule has 0 atom stereocenters. The molecule has 12 heavy (non-hydrogen) atoms. The second kappa shape index (κ2) is 4.05. The molecule has 0 aliphatic rings. The second-order valence-corrected chi connectivity index (χ2v) is 4.77. The van der Waals surface area contributed by atoms with E-state index in [0.29, 0.717) is 5.56 Å². The predicted octanol–water partition coefficient (Wildman–Crippen LogP) is 3.06. The quantitative estimate of drug-likeness (QED) is 0.729. The van der Waals surface area contributed by atoms with Gasteiger partial charge in [0.2, 0.25) is 0 Å². The van der Waals surface area contributed by atoms with E-state index in [0.717, 1.165) is 5.56 Å². The van der Waals surface area contributed by atoms with Crippen molar-refractivity contribution in [2.75, 3.05) is 0 Å². The van der Waals surface area contributed by atoms with Gasteiger partial charge in [0.25, 0.3) is 5.91 Å². The molecule has 1 rings (SSSR count). The number of aryl methyl sites for hydroxylation is 1. The largest absolute Gasteiger partial charge is 0.274 e. The molecular formula is C8H7Br2NO. The SMILES string of the molecule is Cc1ccc(C(=O)N(Br)Br)cc1. The summed E-state index contributed by atoms with van der Waals surface area (Å²) < 4.78 is 1.20. The van der Waals surface area contributed by atoms with Gasteiger partial charge in [-0.15, -0.1) is 0 Å². The van der Waals surface area contributed by atoms with Crippen molar-refractivity contribution >= 4 is 38.2 Å². The molecule has 0 bridgehead atoms. The standard InChI is InChI=1S/C8H7Br2NO/c1-6-2-4-7(5-3-6)8(12)11(9)10/h2-5H,1H3. The summed E-state index contributed by atoms with van der Waals surface area (Å²) in [6.07, 6.45) is 0. The molecule has 0 aliphatic carbocycles. The Labute approximate surface area is 88.2 Å². The molecule has 0 saturated carbocycles. The number of amides is 1. The third kappa shape index (κ3) is 2.32. The zero-order chi connectivity index (χ0) is 9.14. The average Bonchev–Trinajstić information content (AvgIpc) is 2.04. The number of rotatable bonds is 1. The summed E-state index contributed by atoms with van der Waals surface area (Å²) in [5, 5.41) is 0. The average molecular weight is 293 g/mol. The fourth-order valence-corrected chi connectivity index (χ4v) is 1.20. The van der Waals surface area contributed by atoms with Gasteiger partial charge in [0, 0.05) is 5.56 Å². The zero-order valence-corrected chi connectivity index (χ0v) is 9.59. The van der Waals surface area contributed by atoms with Crippen LogP contribution in [0.2, 0.25) is 0 Å². The Kier molecular flexibility index (Phi) is 3.29. The third-order valence-electron chi connectivity index (χ3n) is 1.45. The molecule has 1 aromatic rings. The monoisotopic (exact) mass is 291 g/mol. The van der Waals surface area contributed by atoms with E-state index in [9.17, 15) is 4.79 Å². The lowest BCUT2D eigenvalue weighted by Gasteiger charge is -2.04. The summed E-state index contributed by atoms with van der Waals surface area (Å²) in [5.41, 5.74) is 1.79. The minimum atomic E-state index is -0.116. The van der Waals surface area contributed by atoms with Crippen LogP contribution in [0.5, 0.6) is 0 Å². The van der Waals surface area contributed by atoms with Gasteiger partial charge in [-0.3, -0.25) is 4.79 Å². The molecule has 0 fully saturated rings. The van der Waals surface area contributed by atoms with Crippen LogP contribution in [-0.4, -0.2) is 8.86 Å². The highest BCUT2D eigenvalue weighted by Crippen LogP contribution is 2.13. The van der Waals surface area contributed by atoms with E-state index in [1.807, 2.05) is 19.1 Å². The van der Waals surface area contributed by atoms with E-state index >= 15 is 0 Å². The number of halogens is 2. The minimum absolute atomic E-state index is 0.116. The number of hydrogen-bond acceptors (Lipinski definition) is 1. The maximum absolute atomic E-state index is 11.3. The maximum Gasteiger partial charge on any atom is 0.274 e. The van der Waals surface area contributed by atoms with Gasteiger partial charge in [-0.1, -0.05) is 17.7 Å². The van der Waals surface area contributed by atoms with E-state index in [1.54, 1.807) is 12.1 Å². The molecule has 0 radical (unpaired) electrons. The van der Waals surface area contributed by atoms with Crippen LogP contribution in [0.15, 0.2) is 24.3 Å². The Morgan fingerprint density at radius 2 is 1.75 bits per heavy atom. The van der Waals surface area contributed by atoms with E-state index in [1.165, 1.54) is 2.95 Å². The fraction of sp³-hybridized carbons (Fsp3) is 0.125. The summed E-state index contributed by atoms with van der Waals surface area (Å²) in [4.78, 5) is 11.3. The molecule has 2 nitrogen and oxygen atoms in total. The molecule has 64 valence electrons. The minimum Gasteiger partial charge on any atom is -0.267 e. The van der Waals surface area contributed by atoms with Crippen LogP contribution in [0.4, 0.5) is 0 Å². The normalized spacial score (nSPS) is 9.58. The van der Waals surface area contributed by atoms with E-state index < -0.39 is 0 Å². The van der Waals surface area contributed by atoms with Crippen molar-refractivity contribution < 1.29 is 4.79 Å². The summed E-state index contributed by atoms with van der Waals surface area (Å²) in [6, 6.07) is 7.37. The summed E-state index contributed by atoms with van der Waals surface area (Å²) in [5.74, 6) is -0.116. The van der Waals surface area contributed by atoms with Crippen LogP contribution in [-0.2, 0) is 0 Å². The Morgan fingerprint density at radius 3 is 2.17 bits per heavy atom. The van der Waals surface area contributed by atoms with Gasteiger partial charge in [-0.05, 0) is 19.1 Å². The first kappa shape index (κ1) is 9.74. The van der Waals surface area contributed by atoms with Crippen molar-refractivity contribution in [3.8, 4) is 0 Å². The molecule has 4 heteroatoms. The van der Waals surface area contributed by atoms with Gasteiger partial charge in [0.1, 0.15) is 0 Å². The number of nitrogens with zero attached hydrogens (tertiary/aromatic N) is 1. The molecule has 0 N–H and O–H groups in total. The van der Waals surface area contributed by atoms with Gasteiger partial charge in [-0.2, -0.15) is 0 Å². The zero-order valence-electron chi connectivity index (χ0n) is 6.42. The van der Waals surface area contributed by atoms with Crippen molar-refractivity contribution in [3.05, 3.63) is 35.4 Å². The number of benzene rings is 1. The molecule has 0 aliphatic heterocycles. The van der Waals surface area contributed by atoms with Crippen LogP contribution in [0.3, 0.4) is 0 Å². The van der Waals surface area contributed by atoms with Gasteiger partial charge < -0.3 is 0 Å². The third-order valence-corrected chi connectivity index (χ3v) is 2.10. The van der Waals surface area contributed by atoms with Crippen LogP contribution < -0.4 is 0 Å². The van der Waals surface area contributed by atoms with Crippen LogP contribution in [0.25, 0.3) is 0 Å². The first-order valence-corrected chi connectivity index (χ1v) is 4.76. The van der Waals surface area contributed by atoms with Crippen molar-refractivity contribution in [3.63, 3.8) is 0 Å². The maximum atomic E-state index is 11.3. The molecule has 0 unspecified atom stereocenters. The van der Waals surface area contributed by atoms with Gasteiger partial charge >= 0.3 is 0 Å². The molecule has 0 saturated heterocycles. The highest BCUT2D eigenvalue weighted by Gasteiger charge is 2.09. The molecule has 0 heterocycles. The van der Waals surface area contributed by atoms with Crippen LogP contribution in [0, 0.1) is 6.92 Å². The molecule has 1 amide bonds. The molecular weight excluding hydrogens is 286 g/mol. The smallest absolute Gasteiger partial charge is 0.267 e. The number of carbonyl (C=O) groups is 1. The molecule has 0 aromatic heterocycles. The van der Waals surface area contributed by atoms with Crippen molar-refractivity contribution in [1.29, 1.82) is 0 Å². The van der Waals surface area contributed by atoms with E-state index in [-0.39, 0.29) is 5.91 Å². The summed E-state index contributed by atoms with van der Waals surface area (Å²) >= 11 is 5.99. The Morgan fingerprint density at radius 1 is 1.25 bits per heavy atom. The van der Waals surface area contributed by atoms with E-state index in [4.69, 9.17) is 0 Å². The highest BCUT2D eigenvalue weighted by molar-refractivity contribution is 9.21. The van der Waals surface area contributed by atoms with Gasteiger partial charge in [-0.25, -0.2) is 2.95 Å². The number of carbonyl (C=O) groups excluding carboxylic acids is 1. The molecule has 0 spiro atoms. The van der Waals surface area contributed by atoms with Gasteiger partial charge in [0.15, 0.2) is 0 Å². The highest BCUT2D eigenvalue weighted by atomic mass is 79.9. The lowest BCUT2D eigenvalue weighted by atomic mass is 10.1. The van der Waals surface area contributed by atoms with E-state index in [2.05, 4.69) is 32.3 Å². The topological polar surface area (TPSA) is 20.3 Å². The summed E-state index contributed by atoms with van der Waals surface area (Å²) in [7, 11) is 0. The Hall–Kier alpha value is -0.350. The van der Waals surface area contributed by atoms with Crippen LogP contribution >= 0.6 is 32.3 Å². The lowest BCUT2D eigenvalue weighted by molar-refractivity contribution is 0.0942. The van der Waals surface area contributed by atoms with Gasteiger partial charge in [0.05, 0.1) is 32.3 Å². The van der Waals surface area contributed by atoms with Crippen molar-refractivity contribution in [2.45, 2.75) is 6.92 Å². The predicted molar refractivity (Wildman–Crippen MR) is 55.2 cm³/mol. The Bertz CT molecular complexity index is 282. The molecule has 1 aromatic carbocycles. The second-order valence-electron chi connectivity index (χ2n) is 2.40. The lowest BCUT2D eigenvalue weighted by Crippen LogP contribution is -2.09. The Balaban J connectivity index is 2.90. The van der Waals surface area contributed by atoms with Crippen molar-refractivity contribution in [1.82, 2.24) is 2.95 Å². The number of hydrogen-bond donors (Lipinski definition) is 0. The first-order chi connectivity index (χ1) is 5.61. The first-order valence-electron chi connectivity index (χ1n) is 3.34. The van der Waals surface area contributed by atoms with Crippen LogP contribution in [0.1, 0.15) is 15.9 Å². The summed E-state index contributed by atoms with van der Waals surface area (Å²) in [6.45, 7) is 1.98. The van der Waals surface area contributed by atoms with Crippen molar-refractivity contribution in [2.24, 2.45) is 0 Å². The fourth-order valence-electron chi connectivity index (χ4n) is 0.794.